The van der Waals surface area contributed by atoms with Gasteiger partial charge in [-0.15, -0.1) is 10.2 Å². The van der Waals surface area contributed by atoms with Crippen LogP contribution in [0.15, 0.2) is 39.7 Å². The van der Waals surface area contributed by atoms with Crippen LogP contribution in [-0.4, -0.2) is 34.1 Å². The second-order valence-electron chi connectivity index (χ2n) is 6.37. The Kier molecular flexibility index (Phi) is 3.80. The summed E-state index contributed by atoms with van der Waals surface area (Å²) in [4.78, 5) is 14.5. The van der Waals surface area contributed by atoms with Crippen molar-refractivity contribution in [2.45, 2.75) is 32.1 Å². The Bertz CT molecular complexity index is 846. The van der Waals surface area contributed by atoms with Gasteiger partial charge in [0, 0.05) is 30.0 Å². The van der Waals surface area contributed by atoms with Crippen molar-refractivity contribution in [3.05, 3.63) is 47.9 Å². The summed E-state index contributed by atoms with van der Waals surface area (Å²) in [5.41, 5.74) is 2.95. The number of aromatic nitrogens is 2. The molecule has 0 N–H and O–H groups in total. The van der Waals surface area contributed by atoms with E-state index >= 15 is 0 Å². The number of hydrogen-bond donors (Lipinski definition) is 0. The molecule has 0 spiro atoms. The first kappa shape index (κ1) is 14.9. The number of benzene rings is 1. The predicted molar refractivity (Wildman–Crippen MR) is 87.5 cm³/mol. The maximum Gasteiger partial charge on any atom is 0.227 e. The van der Waals surface area contributed by atoms with Gasteiger partial charge >= 0.3 is 0 Å². The van der Waals surface area contributed by atoms with Gasteiger partial charge in [0.1, 0.15) is 5.58 Å². The van der Waals surface area contributed by atoms with Gasteiger partial charge in [-0.25, -0.2) is 0 Å². The minimum absolute atomic E-state index is 0.142. The number of rotatable bonds is 3. The van der Waals surface area contributed by atoms with Gasteiger partial charge in [0.2, 0.25) is 18.2 Å². The van der Waals surface area contributed by atoms with Crippen LogP contribution in [0.25, 0.3) is 11.0 Å². The van der Waals surface area contributed by atoms with Crippen molar-refractivity contribution in [3.63, 3.8) is 0 Å². The van der Waals surface area contributed by atoms with Crippen molar-refractivity contribution in [3.8, 4) is 0 Å². The van der Waals surface area contributed by atoms with Crippen LogP contribution in [0.5, 0.6) is 0 Å². The number of carbonyl (C=O) groups is 1. The number of piperidine rings is 1. The van der Waals surface area contributed by atoms with E-state index in [1.165, 1.54) is 6.39 Å². The highest BCUT2D eigenvalue weighted by molar-refractivity contribution is 5.88. The lowest BCUT2D eigenvalue weighted by atomic mass is 9.96. The molecule has 3 aromatic rings. The molecule has 1 aromatic carbocycles. The average Bonchev–Trinajstić information content (AvgIpc) is 3.25. The largest absolute Gasteiger partial charge is 0.464 e. The first-order valence-corrected chi connectivity index (χ1v) is 8.21. The molecule has 2 aromatic heterocycles. The Morgan fingerprint density at radius 2 is 2.12 bits per heavy atom. The van der Waals surface area contributed by atoms with Gasteiger partial charge in [-0.1, -0.05) is 11.6 Å². The van der Waals surface area contributed by atoms with Gasteiger partial charge in [-0.3, -0.25) is 4.79 Å². The highest BCUT2D eigenvalue weighted by Gasteiger charge is 2.27. The van der Waals surface area contributed by atoms with Gasteiger partial charge in [0.15, 0.2) is 0 Å². The number of amides is 1. The normalized spacial score (nSPS) is 16.0. The summed E-state index contributed by atoms with van der Waals surface area (Å²) in [5.74, 6) is 1.08. The zero-order chi connectivity index (χ0) is 16.5. The number of aryl methyl sites for hydroxylation is 1. The first-order chi connectivity index (χ1) is 11.7. The van der Waals surface area contributed by atoms with E-state index in [1.54, 1.807) is 6.26 Å². The van der Waals surface area contributed by atoms with Gasteiger partial charge in [-0.2, -0.15) is 0 Å². The maximum atomic E-state index is 12.6. The Morgan fingerprint density at radius 1 is 1.29 bits per heavy atom. The van der Waals surface area contributed by atoms with Crippen LogP contribution in [0, 0.1) is 6.92 Å². The van der Waals surface area contributed by atoms with Crippen LogP contribution >= 0.6 is 0 Å². The van der Waals surface area contributed by atoms with E-state index in [2.05, 4.69) is 16.3 Å². The molecular formula is C18H19N3O3. The molecule has 0 unspecified atom stereocenters. The third-order valence-electron chi connectivity index (χ3n) is 4.72. The molecule has 0 aliphatic carbocycles. The van der Waals surface area contributed by atoms with Gasteiger partial charge in [0.05, 0.1) is 12.7 Å². The van der Waals surface area contributed by atoms with E-state index < -0.39 is 0 Å². The number of nitrogens with zero attached hydrogens (tertiary/aromatic N) is 3. The molecule has 6 heteroatoms. The molecule has 0 bridgehead atoms. The number of hydrogen-bond acceptors (Lipinski definition) is 5. The molecule has 24 heavy (non-hydrogen) atoms. The van der Waals surface area contributed by atoms with Crippen LogP contribution < -0.4 is 0 Å². The van der Waals surface area contributed by atoms with E-state index in [1.807, 2.05) is 24.0 Å². The zero-order valence-electron chi connectivity index (χ0n) is 13.6. The van der Waals surface area contributed by atoms with Crippen molar-refractivity contribution in [1.82, 2.24) is 15.1 Å². The first-order valence-electron chi connectivity index (χ1n) is 8.21. The number of fused-ring (bicyclic) bond motifs is 1. The van der Waals surface area contributed by atoms with Crippen LogP contribution in [0.1, 0.15) is 35.8 Å². The number of furan rings is 1. The zero-order valence-corrected chi connectivity index (χ0v) is 13.6. The third-order valence-corrected chi connectivity index (χ3v) is 4.72. The highest BCUT2D eigenvalue weighted by Crippen LogP contribution is 2.28. The van der Waals surface area contributed by atoms with Gasteiger partial charge < -0.3 is 13.7 Å². The van der Waals surface area contributed by atoms with Gasteiger partial charge in [0.25, 0.3) is 0 Å². The minimum Gasteiger partial charge on any atom is -0.464 e. The van der Waals surface area contributed by atoms with E-state index in [4.69, 9.17) is 8.83 Å². The molecule has 1 amide bonds. The molecule has 1 fully saturated rings. The predicted octanol–water partition coefficient (Wildman–Crippen LogP) is 3.07. The summed E-state index contributed by atoms with van der Waals surface area (Å²) in [5, 5.41) is 8.74. The van der Waals surface area contributed by atoms with Crippen LogP contribution in [0.2, 0.25) is 0 Å². The monoisotopic (exact) mass is 325 g/mol. The number of likely N-dealkylation sites (tertiary alicyclic amines) is 1. The molecule has 0 radical (unpaired) electrons. The summed E-state index contributed by atoms with van der Waals surface area (Å²) in [7, 11) is 0. The fourth-order valence-corrected chi connectivity index (χ4v) is 3.34. The van der Waals surface area contributed by atoms with E-state index in [9.17, 15) is 4.79 Å². The van der Waals surface area contributed by atoms with Crippen molar-refractivity contribution in [1.29, 1.82) is 0 Å². The molecule has 1 aliphatic rings. The summed E-state index contributed by atoms with van der Waals surface area (Å²) in [6.45, 7) is 3.49. The van der Waals surface area contributed by atoms with E-state index in [-0.39, 0.29) is 11.8 Å². The van der Waals surface area contributed by atoms with Crippen molar-refractivity contribution in [2.24, 2.45) is 0 Å². The summed E-state index contributed by atoms with van der Waals surface area (Å²) in [6, 6.07) is 6.04. The topological polar surface area (TPSA) is 72.4 Å². The van der Waals surface area contributed by atoms with Crippen molar-refractivity contribution < 1.29 is 13.6 Å². The highest BCUT2D eigenvalue weighted by atomic mass is 16.4. The van der Waals surface area contributed by atoms with Gasteiger partial charge in [-0.05, 0) is 31.9 Å². The van der Waals surface area contributed by atoms with E-state index in [0.717, 1.165) is 48.0 Å². The Hall–Kier alpha value is -2.63. The van der Waals surface area contributed by atoms with Crippen LogP contribution in [0.4, 0.5) is 0 Å². The second kappa shape index (κ2) is 6.11. The minimum atomic E-state index is 0.142. The molecule has 1 saturated heterocycles. The van der Waals surface area contributed by atoms with Crippen molar-refractivity contribution in [2.75, 3.05) is 13.1 Å². The third kappa shape index (κ3) is 2.79. The maximum absolute atomic E-state index is 12.6. The van der Waals surface area contributed by atoms with Crippen molar-refractivity contribution >= 4 is 16.9 Å². The molecular weight excluding hydrogens is 306 g/mol. The Morgan fingerprint density at radius 3 is 2.88 bits per heavy atom. The van der Waals surface area contributed by atoms with Crippen LogP contribution in [-0.2, 0) is 11.2 Å². The molecule has 3 heterocycles. The Balaban J connectivity index is 1.42. The molecule has 4 rings (SSSR count). The standard InChI is InChI=1S/C18H19N3O3/c1-12-2-3-16-15(8-12)14(10-23-16)9-17(22)21-6-4-13(5-7-21)18-20-19-11-24-18/h2-3,8,10-11,13H,4-7,9H2,1H3. The Labute approximate surface area is 139 Å². The summed E-state index contributed by atoms with van der Waals surface area (Å²) < 4.78 is 10.8. The molecule has 124 valence electrons. The molecule has 0 atom stereocenters. The molecule has 6 nitrogen and oxygen atoms in total. The quantitative estimate of drug-likeness (QED) is 0.740. The van der Waals surface area contributed by atoms with Crippen LogP contribution in [0.3, 0.4) is 0 Å². The van der Waals surface area contributed by atoms with E-state index in [0.29, 0.717) is 12.3 Å². The average molecular weight is 325 g/mol. The SMILES string of the molecule is Cc1ccc2occ(CC(=O)N3CCC(c4nnco4)CC3)c2c1. The molecule has 1 aliphatic heterocycles. The fourth-order valence-electron chi connectivity index (χ4n) is 3.34. The summed E-state index contributed by atoms with van der Waals surface area (Å²) >= 11 is 0. The molecule has 0 saturated carbocycles. The lowest BCUT2D eigenvalue weighted by molar-refractivity contribution is -0.131. The smallest absolute Gasteiger partial charge is 0.227 e. The number of carbonyl (C=O) groups excluding carboxylic acids is 1. The fraction of sp³-hybridized carbons (Fsp3) is 0.389. The lowest BCUT2D eigenvalue weighted by Crippen LogP contribution is -2.38. The summed E-state index contributed by atoms with van der Waals surface area (Å²) in [6.07, 6.45) is 5.16. The second-order valence-corrected chi connectivity index (χ2v) is 6.37. The lowest BCUT2D eigenvalue weighted by Gasteiger charge is -2.30.